The Balaban J connectivity index is 2.77. The normalized spacial score (nSPS) is 13.1. The molecule has 0 radical (unpaired) electrons. The van der Waals surface area contributed by atoms with Crippen molar-refractivity contribution in [2.75, 3.05) is 0 Å². The van der Waals surface area contributed by atoms with Crippen molar-refractivity contribution in [1.82, 2.24) is 5.32 Å². The van der Waals surface area contributed by atoms with E-state index in [1.54, 1.807) is 0 Å². The van der Waals surface area contributed by atoms with Crippen molar-refractivity contribution in [3.8, 4) is 0 Å². The van der Waals surface area contributed by atoms with Gasteiger partial charge in [-0.1, -0.05) is 51.4 Å². The van der Waals surface area contributed by atoms with E-state index in [1.165, 1.54) is 0 Å². The summed E-state index contributed by atoms with van der Waals surface area (Å²) in [6.07, 6.45) is 0.715. The number of hydrogen-bond donors (Lipinski definition) is 1. The van der Waals surface area contributed by atoms with Crippen molar-refractivity contribution in [3.05, 3.63) is 34.9 Å². The molecule has 0 aliphatic rings. The van der Waals surface area contributed by atoms with E-state index in [2.05, 4.69) is 19.2 Å². The summed E-state index contributed by atoms with van der Waals surface area (Å²) in [6.45, 7) is 8.00. The molecule has 0 amide bonds. The van der Waals surface area contributed by atoms with Crippen molar-refractivity contribution in [2.45, 2.75) is 46.2 Å². The fourth-order valence-corrected chi connectivity index (χ4v) is 2.03. The molecule has 1 aromatic carbocycles. The molecule has 0 saturated heterocycles. The molecule has 0 aromatic heterocycles. The zero-order valence-corrected chi connectivity index (χ0v) is 12.3. The second-order valence-electron chi connectivity index (χ2n) is 5.26. The van der Waals surface area contributed by atoms with Crippen LogP contribution in [0.1, 0.15) is 33.3 Å². The van der Waals surface area contributed by atoms with Gasteiger partial charge in [0.2, 0.25) is 0 Å². The van der Waals surface area contributed by atoms with Gasteiger partial charge in [-0.3, -0.25) is 4.79 Å². The number of Topliss-reactive ketones (excluding diaryl/α,β-unsaturated/α-hetero) is 1. The topological polar surface area (TPSA) is 29.1 Å². The molecular formula is C15H22ClNO. The molecule has 1 atom stereocenters. The van der Waals surface area contributed by atoms with Crippen LogP contribution in [-0.2, 0) is 11.2 Å². The van der Waals surface area contributed by atoms with Gasteiger partial charge in [0.05, 0.1) is 6.04 Å². The first kappa shape index (κ1) is 15.2. The fourth-order valence-electron chi connectivity index (χ4n) is 1.90. The Hall–Kier alpha value is -0.860. The standard InChI is InChI=1S/C15H22ClNO/c1-10(2)15(18)14(17-11(3)4)9-12-5-7-13(16)8-6-12/h5-8,10-11,14,17H,9H2,1-4H3/t14-/m1/s1. The average molecular weight is 268 g/mol. The van der Waals surface area contributed by atoms with Gasteiger partial charge in [-0.05, 0) is 24.1 Å². The Bertz CT molecular complexity index is 384. The van der Waals surface area contributed by atoms with Gasteiger partial charge < -0.3 is 5.32 Å². The Labute approximate surface area is 115 Å². The summed E-state index contributed by atoms with van der Waals surface area (Å²) in [6, 6.07) is 7.86. The number of halogens is 1. The van der Waals surface area contributed by atoms with E-state index in [9.17, 15) is 4.79 Å². The molecule has 0 heterocycles. The summed E-state index contributed by atoms with van der Waals surface area (Å²) in [4.78, 5) is 12.2. The quantitative estimate of drug-likeness (QED) is 0.855. The first-order valence-electron chi connectivity index (χ1n) is 6.44. The van der Waals surface area contributed by atoms with Crippen LogP contribution in [0.3, 0.4) is 0 Å². The van der Waals surface area contributed by atoms with E-state index in [0.717, 1.165) is 10.6 Å². The molecule has 3 heteroatoms. The lowest BCUT2D eigenvalue weighted by molar-refractivity contribution is -0.124. The van der Waals surface area contributed by atoms with Gasteiger partial charge in [0.15, 0.2) is 5.78 Å². The highest BCUT2D eigenvalue weighted by Crippen LogP contribution is 2.13. The van der Waals surface area contributed by atoms with Gasteiger partial charge >= 0.3 is 0 Å². The minimum absolute atomic E-state index is 0.0496. The lowest BCUT2D eigenvalue weighted by atomic mass is 9.95. The summed E-state index contributed by atoms with van der Waals surface area (Å²) in [5.74, 6) is 0.312. The molecule has 0 fully saturated rings. The number of carbonyl (C=O) groups excluding carboxylic acids is 1. The van der Waals surface area contributed by atoms with Gasteiger partial charge in [0.25, 0.3) is 0 Å². The maximum absolute atomic E-state index is 12.2. The monoisotopic (exact) mass is 267 g/mol. The summed E-state index contributed by atoms with van der Waals surface area (Å²) < 4.78 is 0. The zero-order valence-electron chi connectivity index (χ0n) is 11.5. The maximum Gasteiger partial charge on any atom is 0.152 e. The van der Waals surface area contributed by atoms with E-state index in [4.69, 9.17) is 11.6 Å². The van der Waals surface area contributed by atoms with Crippen LogP contribution < -0.4 is 5.32 Å². The van der Waals surface area contributed by atoms with Crippen LogP contribution in [0.2, 0.25) is 5.02 Å². The number of rotatable bonds is 6. The van der Waals surface area contributed by atoms with E-state index in [1.807, 2.05) is 38.1 Å². The van der Waals surface area contributed by atoms with Gasteiger partial charge in [0, 0.05) is 17.0 Å². The predicted octanol–water partition coefficient (Wildman–Crippen LogP) is 3.47. The van der Waals surface area contributed by atoms with Crippen molar-refractivity contribution in [3.63, 3.8) is 0 Å². The van der Waals surface area contributed by atoms with Crippen LogP contribution >= 0.6 is 11.6 Å². The van der Waals surface area contributed by atoms with Crippen molar-refractivity contribution in [2.24, 2.45) is 5.92 Å². The molecule has 1 N–H and O–H groups in total. The molecule has 0 aliphatic heterocycles. The number of benzene rings is 1. The Morgan fingerprint density at radius 1 is 1.17 bits per heavy atom. The largest absolute Gasteiger partial charge is 0.305 e. The first-order chi connectivity index (χ1) is 8.40. The molecule has 1 rings (SSSR count). The van der Waals surface area contributed by atoms with Crippen LogP contribution in [0.4, 0.5) is 0 Å². The van der Waals surface area contributed by atoms with Crippen molar-refractivity contribution >= 4 is 17.4 Å². The van der Waals surface area contributed by atoms with Crippen LogP contribution in [0, 0.1) is 5.92 Å². The molecule has 0 spiro atoms. The van der Waals surface area contributed by atoms with Gasteiger partial charge in [-0.15, -0.1) is 0 Å². The van der Waals surface area contributed by atoms with Crippen molar-refractivity contribution in [1.29, 1.82) is 0 Å². The third kappa shape index (κ3) is 4.79. The van der Waals surface area contributed by atoms with Gasteiger partial charge in [0.1, 0.15) is 0 Å². The van der Waals surface area contributed by atoms with Crippen LogP contribution in [0.5, 0.6) is 0 Å². The van der Waals surface area contributed by atoms with E-state index >= 15 is 0 Å². The number of carbonyl (C=O) groups is 1. The molecule has 0 saturated carbocycles. The Kier molecular flexibility index (Phi) is 5.83. The van der Waals surface area contributed by atoms with E-state index < -0.39 is 0 Å². The summed E-state index contributed by atoms with van der Waals surface area (Å²) in [5, 5.41) is 4.07. The highest BCUT2D eigenvalue weighted by molar-refractivity contribution is 6.30. The van der Waals surface area contributed by atoms with E-state index in [-0.39, 0.29) is 17.7 Å². The van der Waals surface area contributed by atoms with E-state index in [0.29, 0.717) is 12.5 Å². The fraction of sp³-hybridized carbons (Fsp3) is 0.533. The molecule has 0 unspecified atom stereocenters. The lowest BCUT2D eigenvalue weighted by Gasteiger charge is -2.22. The zero-order chi connectivity index (χ0) is 13.7. The SMILES string of the molecule is CC(C)N[C@H](Cc1ccc(Cl)cc1)C(=O)C(C)C. The van der Waals surface area contributed by atoms with Crippen LogP contribution in [0.15, 0.2) is 24.3 Å². The Morgan fingerprint density at radius 2 is 1.72 bits per heavy atom. The molecule has 2 nitrogen and oxygen atoms in total. The minimum Gasteiger partial charge on any atom is -0.305 e. The second kappa shape index (κ2) is 6.91. The second-order valence-corrected chi connectivity index (χ2v) is 5.70. The molecule has 0 bridgehead atoms. The highest BCUT2D eigenvalue weighted by atomic mass is 35.5. The summed E-state index contributed by atoms with van der Waals surface area (Å²) in [7, 11) is 0. The lowest BCUT2D eigenvalue weighted by Crippen LogP contribution is -2.44. The smallest absolute Gasteiger partial charge is 0.152 e. The number of hydrogen-bond acceptors (Lipinski definition) is 2. The van der Waals surface area contributed by atoms with Crippen LogP contribution in [0.25, 0.3) is 0 Å². The van der Waals surface area contributed by atoms with Crippen LogP contribution in [-0.4, -0.2) is 17.9 Å². The minimum atomic E-state index is -0.119. The first-order valence-corrected chi connectivity index (χ1v) is 6.82. The average Bonchev–Trinajstić information content (AvgIpc) is 2.29. The molecule has 18 heavy (non-hydrogen) atoms. The maximum atomic E-state index is 12.2. The van der Waals surface area contributed by atoms with Crippen molar-refractivity contribution < 1.29 is 4.79 Å². The Morgan fingerprint density at radius 3 is 2.17 bits per heavy atom. The predicted molar refractivity (Wildman–Crippen MR) is 77.1 cm³/mol. The highest BCUT2D eigenvalue weighted by Gasteiger charge is 2.21. The molecule has 1 aromatic rings. The molecule has 0 aliphatic carbocycles. The molecule has 100 valence electrons. The summed E-state index contributed by atoms with van der Waals surface area (Å²) in [5.41, 5.74) is 1.13. The number of nitrogens with one attached hydrogen (secondary N) is 1. The molecular weight excluding hydrogens is 246 g/mol. The summed E-state index contributed by atoms with van der Waals surface area (Å²) >= 11 is 5.86. The number of ketones is 1. The third-order valence-electron chi connectivity index (χ3n) is 2.80. The van der Waals surface area contributed by atoms with Gasteiger partial charge in [-0.25, -0.2) is 0 Å². The third-order valence-corrected chi connectivity index (χ3v) is 3.05. The van der Waals surface area contributed by atoms with Gasteiger partial charge in [-0.2, -0.15) is 0 Å².